The van der Waals surface area contributed by atoms with Gasteiger partial charge < -0.3 is 4.90 Å². The summed E-state index contributed by atoms with van der Waals surface area (Å²) < 4.78 is 0. The van der Waals surface area contributed by atoms with Crippen molar-refractivity contribution in [3.63, 3.8) is 0 Å². The number of nitrogens with zero attached hydrogens (tertiary/aromatic N) is 1. The first-order valence-corrected chi connectivity index (χ1v) is 22.8. The molecule has 0 fully saturated rings. The van der Waals surface area contributed by atoms with Gasteiger partial charge in [0.15, 0.2) is 0 Å². The van der Waals surface area contributed by atoms with Gasteiger partial charge in [0, 0.05) is 26.9 Å². The highest BCUT2D eigenvalue weighted by atomic mass is 32.2. The zero-order valence-corrected chi connectivity index (χ0v) is 35.3. The Balaban J connectivity index is 0.941. The highest BCUT2D eigenvalue weighted by Gasteiger charge is 2.54. The monoisotopic (exact) mass is 815 g/mol. The van der Waals surface area contributed by atoms with Crippen molar-refractivity contribution < 1.29 is 0 Å². The molecule has 0 unspecified atom stereocenters. The van der Waals surface area contributed by atoms with Gasteiger partial charge in [-0.25, -0.2) is 0 Å². The van der Waals surface area contributed by atoms with Crippen molar-refractivity contribution in [2.45, 2.75) is 15.2 Å². The van der Waals surface area contributed by atoms with Crippen LogP contribution in [0.5, 0.6) is 0 Å². The Hall–Kier alpha value is -7.26. The average molecular weight is 816 g/mol. The Morgan fingerprint density at radius 2 is 0.825 bits per heavy atom. The van der Waals surface area contributed by atoms with E-state index in [1.807, 2.05) is 11.8 Å². The van der Waals surface area contributed by atoms with Crippen LogP contribution in [0.15, 0.2) is 246 Å². The molecule has 10 aromatic carbocycles. The van der Waals surface area contributed by atoms with Gasteiger partial charge in [-0.2, -0.15) is 0 Å². The minimum Gasteiger partial charge on any atom is -0.310 e. The Kier molecular flexibility index (Phi) is 8.33. The molecule has 0 bridgehead atoms. The third-order valence-electron chi connectivity index (χ3n) is 13.9. The van der Waals surface area contributed by atoms with Crippen LogP contribution in [0.1, 0.15) is 22.3 Å². The largest absolute Gasteiger partial charge is 0.310 e. The van der Waals surface area contributed by atoms with Crippen molar-refractivity contribution in [1.82, 2.24) is 0 Å². The van der Waals surface area contributed by atoms with Gasteiger partial charge in [-0.1, -0.05) is 227 Å². The molecule has 0 saturated carbocycles. The van der Waals surface area contributed by atoms with Crippen LogP contribution in [0.4, 0.5) is 17.1 Å². The van der Waals surface area contributed by atoms with E-state index in [2.05, 4.69) is 241 Å². The Morgan fingerprint density at radius 3 is 1.51 bits per heavy atom. The number of anilines is 3. The molecule has 0 aliphatic carbocycles. The summed E-state index contributed by atoms with van der Waals surface area (Å²) in [6.45, 7) is 0.261. The van der Waals surface area contributed by atoms with E-state index in [9.17, 15) is 0 Å². The standard InChI is InChI=1S/C59H39B2NS/c1-3-18-45(19-4-1)62(46-20-5-2-6-21-46)47-22-15-17-40(39-47)41-33-34-43-38-44(36-35-42(43)37-41)60-52-27-10-7-23-48(52)59(49-24-8-11-28-53(49)60)50-25-9-12-29-54(50)61-55-30-13-14-31-56(55)63-57-32-16-26-51(59)58(57)61/h1-39H. The number of hydrogen-bond acceptors (Lipinski definition) is 2. The van der Waals surface area contributed by atoms with Crippen molar-refractivity contribution in [2.24, 2.45) is 0 Å². The maximum atomic E-state index is 2.45. The molecule has 0 aromatic heterocycles. The molecule has 1 nitrogen and oxygen atoms in total. The lowest BCUT2D eigenvalue weighted by Crippen LogP contribution is -2.68. The van der Waals surface area contributed by atoms with Crippen LogP contribution in [0, 0.1) is 0 Å². The summed E-state index contributed by atoms with van der Waals surface area (Å²) in [5.41, 5.74) is 19.2. The zero-order chi connectivity index (χ0) is 41.5. The summed E-state index contributed by atoms with van der Waals surface area (Å²) >= 11 is 1.93. The SMILES string of the molecule is c1ccc(N(c2ccccc2)c2cccc(-c3ccc4cc(B5c6ccccc6C6(c7ccccc75)c5ccccc5B5c7ccccc7Sc7cccc6c75)ccc4c3)c2)cc1. The summed E-state index contributed by atoms with van der Waals surface area (Å²) in [5, 5.41) is 2.48. The molecular formula is C59H39B2NS. The highest BCUT2D eigenvalue weighted by Crippen LogP contribution is 2.49. The minimum absolute atomic E-state index is 0.0743. The van der Waals surface area contributed by atoms with Crippen LogP contribution in [0.3, 0.4) is 0 Å². The maximum Gasteiger partial charge on any atom is 0.245 e. The van der Waals surface area contributed by atoms with Gasteiger partial charge in [-0.3, -0.25) is 0 Å². The molecule has 0 N–H and O–H groups in total. The molecule has 3 aliphatic rings. The Bertz CT molecular complexity index is 3330. The summed E-state index contributed by atoms with van der Waals surface area (Å²) in [5.74, 6) is 0. The average Bonchev–Trinajstić information content (AvgIpc) is 3.35. The van der Waals surface area contributed by atoms with Gasteiger partial charge in [-0.15, -0.1) is 0 Å². The summed E-state index contributed by atoms with van der Waals surface area (Å²) in [7, 11) is 0. The van der Waals surface area contributed by atoms with Crippen LogP contribution < -0.4 is 37.7 Å². The predicted molar refractivity (Wildman–Crippen MR) is 269 cm³/mol. The van der Waals surface area contributed by atoms with E-state index in [1.165, 1.54) is 86.7 Å². The fraction of sp³-hybridized carbons (Fsp3) is 0.0169. The number of benzene rings is 10. The number of fused-ring (bicyclic) bond motifs is 11. The lowest BCUT2D eigenvalue weighted by atomic mass is 9.26. The molecule has 13 rings (SSSR count). The topological polar surface area (TPSA) is 3.24 Å². The molecule has 0 atom stereocenters. The van der Waals surface area contributed by atoms with Crippen LogP contribution >= 0.6 is 11.8 Å². The molecular weight excluding hydrogens is 776 g/mol. The van der Waals surface area contributed by atoms with E-state index in [0.29, 0.717) is 0 Å². The first-order valence-electron chi connectivity index (χ1n) is 22.0. The summed E-state index contributed by atoms with van der Waals surface area (Å²) in [6, 6.07) is 88.5. The molecule has 10 aromatic rings. The maximum absolute atomic E-state index is 2.45. The Labute approximate surface area is 373 Å². The smallest absolute Gasteiger partial charge is 0.245 e. The normalized spacial score (nSPS) is 13.7. The molecule has 292 valence electrons. The molecule has 3 heterocycles. The first-order chi connectivity index (χ1) is 31.3. The van der Waals surface area contributed by atoms with Crippen LogP contribution in [-0.4, -0.2) is 13.4 Å². The van der Waals surface area contributed by atoms with Gasteiger partial charge in [0.1, 0.15) is 0 Å². The van der Waals surface area contributed by atoms with E-state index in [-0.39, 0.29) is 13.4 Å². The molecule has 1 spiro atoms. The molecule has 0 amide bonds. The highest BCUT2D eigenvalue weighted by molar-refractivity contribution is 8.00. The van der Waals surface area contributed by atoms with Crippen molar-refractivity contribution in [2.75, 3.05) is 4.90 Å². The van der Waals surface area contributed by atoms with E-state index < -0.39 is 5.41 Å². The molecule has 3 aliphatic heterocycles. The predicted octanol–water partition coefficient (Wildman–Crippen LogP) is 10.5. The van der Waals surface area contributed by atoms with Gasteiger partial charge >= 0.3 is 0 Å². The fourth-order valence-corrected chi connectivity index (χ4v) is 12.6. The number of rotatable bonds is 5. The van der Waals surface area contributed by atoms with Crippen LogP contribution in [0.25, 0.3) is 21.9 Å². The fourth-order valence-electron chi connectivity index (χ4n) is 11.4. The third kappa shape index (κ3) is 5.48. The van der Waals surface area contributed by atoms with Crippen molar-refractivity contribution >= 4 is 85.8 Å². The van der Waals surface area contributed by atoms with Crippen molar-refractivity contribution in [1.29, 1.82) is 0 Å². The second-order valence-electron chi connectivity index (χ2n) is 17.1. The molecule has 4 heteroatoms. The van der Waals surface area contributed by atoms with E-state index in [1.54, 1.807) is 0 Å². The van der Waals surface area contributed by atoms with Gasteiger partial charge in [0.25, 0.3) is 0 Å². The molecule has 63 heavy (non-hydrogen) atoms. The third-order valence-corrected chi connectivity index (χ3v) is 15.1. The molecule has 0 radical (unpaired) electrons. The van der Waals surface area contributed by atoms with E-state index in [0.717, 1.165) is 17.1 Å². The van der Waals surface area contributed by atoms with Crippen molar-refractivity contribution in [3.05, 3.63) is 259 Å². The van der Waals surface area contributed by atoms with Crippen molar-refractivity contribution in [3.8, 4) is 11.1 Å². The number of hydrogen-bond donors (Lipinski definition) is 0. The molecule has 0 saturated heterocycles. The zero-order valence-electron chi connectivity index (χ0n) is 34.5. The summed E-state index contributed by atoms with van der Waals surface area (Å²) in [6.07, 6.45) is 0. The van der Waals surface area contributed by atoms with Crippen LogP contribution in [-0.2, 0) is 5.41 Å². The van der Waals surface area contributed by atoms with E-state index in [4.69, 9.17) is 0 Å². The second-order valence-corrected chi connectivity index (χ2v) is 18.2. The van der Waals surface area contributed by atoms with Gasteiger partial charge in [0.05, 0.1) is 5.41 Å². The van der Waals surface area contributed by atoms with Gasteiger partial charge in [0.2, 0.25) is 13.4 Å². The summed E-state index contributed by atoms with van der Waals surface area (Å²) in [4.78, 5) is 5.06. The Morgan fingerprint density at radius 1 is 0.333 bits per heavy atom. The second kappa shape index (κ2) is 14.4. The minimum atomic E-state index is -0.466. The lowest BCUT2D eigenvalue weighted by molar-refractivity contribution is 0.754. The van der Waals surface area contributed by atoms with Crippen LogP contribution in [0.2, 0.25) is 0 Å². The van der Waals surface area contributed by atoms with E-state index >= 15 is 0 Å². The quantitative estimate of drug-likeness (QED) is 0.159. The lowest BCUT2D eigenvalue weighted by Gasteiger charge is -2.50. The van der Waals surface area contributed by atoms with Gasteiger partial charge in [-0.05, 0) is 98.8 Å². The first kappa shape index (κ1) is 36.4. The number of para-hydroxylation sites is 2.